The van der Waals surface area contributed by atoms with Gasteiger partial charge in [0.15, 0.2) is 11.0 Å². The summed E-state index contributed by atoms with van der Waals surface area (Å²) in [5.74, 6) is -0.649. The Hall–Kier alpha value is -3.49. The largest absolute Gasteiger partial charge is 0.726 e. The van der Waals surface area contributed by atoms with Gasteiger partial charge in [-0.1, -0.05) is 106 Å². The minimum atomic E-state index is -4.41. The summed E-state index contributed by atoms with van der Waals surface area (Å²) in [5, 5.41) is 2.37. The van der Waals surface area contributed by atoms with Crippen molar-refractivity contribution >= 4 is 38.8 Å². The van der Waals surface area contributed by atoms with Crippen molar-refractivity contribution in [2.24, 2.45) is 19.1 Å². The van der Waals surface area contributed by atoms with Gasteiger partial charge in [0.2, 0.25) is 10.4 Å². The molecule has 52 heavy (non-hydrogen) atoms. The van der Waals surface area contributed by atoms with E-state index in [1.54, 1.807) is 24.3 Å². The summed E-state index contributed by atoms with van der Waals surface area (Å²) in [6, 6.07) is 27.4. The highest BCUT2D eigenvalue weighted by Gasteiger charge is 2.45. The molecule has 0 N–H and O–H groups in total. The fourth-order valence-corrected chi connectivity index (χ4v) is 4.73. The van der Waals surface area contributed by atoms with Crippen LogP contribution in [0, 0.1) is 0 Å². The fourth-order valence-electron chi connectivity index (χ4n) is 4.64. The van der Waals surface area contributed by atoms with Crippen LogP contribution in [0.15, 0.2) is 89.9 Å². The summed E-state index contributed by atoms with van der Waals surface area (Å²) in [4.78, 5) is 3.86. The molecule has 0 amide bonds. The topological polar surface area (TPSA) is 106 Å². The lowest BCUT2D eigenvalue weighted by Gasteiger charge is -2.03. The Morgan fingerprint density at radius 2 is 1.29 bits per heavy atom. The third-order valence-corrected chi connectivity index (χ3v) is 7.72. The Morgan fingerprint density at radius 1 is 0.827 bits per heavy atom. The van der Waals surface area contributed by atoms with Crippen molar-refractivity contribution in [1.82, 2.24) is 4.57 Å². The van der Waals surface area contributed by atoms with E-state index < -0.39 is 22.4 Å². The van der Waals surface area contributed by atoms with Crippen LogP contribution < -0.4 is 4.57 Å². The third-order valence-electron chi connectivity index (χ3n) is 7.19. The van der Waals surface area contributed by atoms with Gasteiger partial charge >= 0.3 is 12.0 Å². The van der Waals surface area contributed by atoms with Gasteiger partial charge in [-0.2, -0.15) is 13.2 Å². The van der Waals surface area contributed by atoms with E-state index in [-0.39, 0.29) is 7.43 Å². The molecule has 0 atom stereocenters. The molecule has 1 aromatic heterocycles. The average molecular weight is 770 g/mol. The molecule has 4 aromatic rings. The number of isothiocyanates is 1. The number of aromatic nitrogens is 2. The van der Waals surface area contributed by atoms with E-state index in [9.17, 15) is 26.1 Å². The molecule has 0 unspecified atom stereocenters. The second kappa shape index (κ2) is 28.1. The minimum absolute atomic E-state index is 0. The number of nitrogens with zero attached hydrogens (tertiary/aromatic N) is 3. The smallest absolute Gasteiger partial charge is 0.495 e. The maximum Gasteiger partial charge on any atom is 0.495 e. The quantitative estimate of drug-likeness (QED) is 0.0280. The fraction of sp³-hybridized carbons (Fsp3) is 0.474. The first-order valence-electron chi connectivity index (χ1n) is 16.6. The molecule has 0 radical (unpaired) electrons. The number of imidazole rings is 1. The zero-order valence-electron chi connectivity index (χ0n) is 29.8. The number of benzene rings is 3. The molecule has 0 saturated heterocycles. The van der Waals surface area contributed by atoms with E-state index in [1.807, 2.05) is 24.3 Å². The summed E-state index contributed by atoms with van der Waals surface area (Å²) in [6.07, 6.45) is 4.06. The Balaban J connectivity index is 0.000000691. The second-order valence-electron chi connectivity index (χ2n) is 11.2. The Labute approximate surface area is 313 Å². The van der Waals surface area contributed by atoms with Gasteiger partial charge in [0.1, 0.15) is 0 Å². The van der Waals surface area contributed by atoms with Crippen molar-refractivity contribution in [1.29, 1.82) is 0 Å². The van der Waals surface area contributed by atoms with Gasteiger partial charge in [0, 0.05) is 19.8 Å². The number of hydrogen-bond donors (Lipinski definition) is 0. The molecule has 3 aromatic carbocycles. The van der Waals surface area contributed by atoms with Crippen LogP contribution in [0.3, 0.4) is 0 Å². The number of hydrogen-bond acceptors (Lipinski definition) is 8. The molecule has 9 nitrogen and oxygen atoms in total. The summed E-state index contributed by atoms with van der Waals surface area (Å²) in [6.45, 7) is 6.20. The Bertz CT molecular complexity index is 1610. The molecule has 0 saturated carbocycles. The van der Waals surface area contributed by atoms with E-state index in [0.29, 0.717) is 17.6 Å². The van der Waals surface area contributed by atoms with Crippen molar-refractivity contribution in [3.8, 4) is 0 Å². The number of thiocarbonyl (C=S) groups is 1. The van der Waals surface area contributed by atoms with Crippen LogP contribution >= 0.6 is 12.2 Å². The first kappa shape index (κ1) is 48.5. The zero-order chi connectivity index (χ0) is 38.0. The summed E-state index contributed by atoms with van der Waals surface area (Å²) in [5.41, 5.74) is 3.65. The van der Waals surface area contributed by atoms with E-state index in [4.69, 9.17) is 9.47 Å². The summed E-state index contributed by atoms with van der Waals surface area (Å²) < 4.78 is 82.6. The van der Waals surface area contributed by atoms with E-state index in [0.717, 1.165) is 61.9 Å². The minimum Gasteiger partial charge on any atom is -0.726 e. The molecule has 0 aliphatic carbocycles. The van der Waals surface area contributed by atoms with Crippen molar-refractivity contribution in [2.75, 3.05) is 26.9 Å². The molecule has 290 valence electrons. The number of aliphatic imine (C=N–C) groups is 1. The van der Waals surface area contributed by atoms with E-state index >= 15 is 0 Å². The summed E-state index contributed by atoms with van der Waals surface area (Å²) in [7, 11) is -0.761. The average Bonchev–Trinajstić information content (AvgIpc) is 3.38. The maximum atomic E-state index is 12.7. The third kappa shape index (κ3) is 21.8. The molecule has 0 spiro atoms. The highest BCUT2D eigenvalue weighted by atomic mass is 32.3. The van der Waals surface area contributed by atoms with E-state index in [1.165, 1.54) is 50.9 Å². The van der Waals surface area contributed by atoms with Crippen LogP contribution in [0.25, 0.3) is 11.0 Å². The predicted octanol–water partition coefficient (Wildman–Crippen LogP) is 9.01. The van der Waals surface area contributed by atoms with Crippen LogP contribution in [-0.4, -0.2) is 49.6 Å². The lowest BCUT2D eigenvalue weighted by Crippen LogP contribution is -2.37. The number of aryl methyl sites for hydroxylation is 2. The highest BCUT2D eigenvalue weighted by Crippen LogP contribution is 2.29. The highest BCUT2D eigenvalue weighted by molar-refractivity contribution is 7.80. The van der Waals surface area contributed by atoms with Crippen LogP contribution in [0.2, 0.25) is 0 Å². The molecule has 0 aliphatic heterocycles. The molecule has 0 bridgehead atoms. The van der Waals surface area contributed by atoms with Gasteiger partial charge in [-0.25, -0.2) is 22.5 Å². The van der Waals surface area contributed by atoms with Crippen LogP contribution in [0.4, 0.5) is 13.2 Å². The molecule has 1 heterocycles. The molecule has 0 aliphatic rings. The van der Waals surface area contributed by atoms with Gasteiger partial charge in [0.25, 0.3) is 0 Å². The normalized spacial score (nSPS) is 10.7. The first-order valence-corrected chi connectivity index (χ1v) is 18.4. The first-order chi connectivity index (χ1) is 24.4. The molecular weight excluding hydrogens is 716 g/mol. The van der Waals surface area contributed by atoms with E-state index in [2.05, 4.69) is 69.9 Å². The Kier molecular flexibility index (Phi) is 26.2. The van der Waals surface area contributed by atoms with Crippen molar-refractivity contribution in [3.63, 3.8) is 0 Å². The molecular formula is C38H54F3N3O6S2. The molecule has 4 rings (SSSR count). The second-order valence-corrected chi connectivity index (χ2v) is 12.5. The lowest BCUT2D eigenvalue weighted by atomic mass is 10.2. The molecule has 14 heteroatoms. The number of alkyl halides is 3. The standard InChI is InChI=1S/C13H17NOS.C13H20O.C10H10F3N2.CH4O4S.CH4/c16-12-14-9-5-2-6-10-15-11-13-7-3-1-4-8-13;1-2-3-4-8-11-14-12-13-9-6-5-7-10-13;1-14-7-5-3-4-6-8(7)15(2)9(14)10(11,12)13;1-5-6(2,3)4;/h1,3-4,7-8H,2,5-6,9-11H2;5-7,9-10H,2-4,8,11-12H2,1H3;3-6H,1-2H3;1H3,(H,2,3,4);1H4/q;;+1;;/p-1. The van der Waals surface area contributed by atoms with Gasteiger partial charge in [-0.15, -0.1) is 0 Å². The van der Waals surface area contributed by atoms with Crippen molar-refractivity contribution in [2.45, 2.75) is 78.7 Å². The predicted molar refractivity (Wildman–Crippen MR) is 203 cm³/mol. The number of fused-ring (bicyclic) bond motifs is 1. The number of rotatable bonds is 16. The monoisotopic (exact) mass is 769 g/mol. The number of para-hydroxylation sites is 2. The van der Waals surface area contributed by atoms with Crippen LogP contribution in [-0.2, 0) is 57.5 Å². The van der Waals surface area contributed by atoms with Gasteiger partial charge < -0.3 is 14.0 Å². The van der Waals surface area contributed by atoms with Crippen LogP contribution in [0.5, 0.6) is 0 Å². The molecule has 0 fully saturated rings. The number of halogens is 3. The van der Waals surface area contributed by atoms with Crippen molar-refractivity contribution < 1.29 is 44.4 Å². The van der Waals surface area contributed by atoms with Gasteiger partial charge in [-0.05, 0) is 61.2 Å². The van der Waals surface area contributed by atoms with Gasteiger partial charge in [0.05, 0.1) is 39.6 Å². The van der Waals surface area contributed by atoms with Crippen molar-refractivity contribution in [3.05, 3.63) is 102 Å². The van der Waals surface area contributed by atoms with Crippen LogP contribution in [0.1, 0.15) is 76.2 Å². The zero-order valence-corrected chi connectivity index (χ0v) is 31.4. The summed E-state index contributed by atoms with van der Waals surface area (Å²) >= 11 is 4.48. The number of unbranched alkanes of at least 4 members (excludes halogenated alkanes) is 5. The number of ether oxygens (including phenoxy) is 2. The van der Waals surface area contributed by atoms with Gasteiger partial charge in [-0.3, -0.25) is 4.18 Å². The lowest BCUT2D eigenvalue weighted by molar-refractivity contribution is -0.667. The maximum absolute atomic E-state index is 12.7. The SMILES string of the molecule is C.CCCCCCOCc1ccccc1.COS(=O)(=O)[O-].Cn1c(C(F)(F)F)[n+](C)c2ccccc21.S=C=NCCCCCOCc1ccccc1. The Morgan fingerprint density at radius 3 is 1.71 bits per heavy atom.